The van der Waals surface area contributed by atoms with Crippen LogP contribution in [0.15, 0.2) is 0 Å². The first-order valence-corrected chi connectivity index (χ1v) is 8.32. The Morgan fingerprint density at radius 3 is 2.45 bits per heavy atom. The maximum atomic E-state index is 12.1. The van der Waals surface area contributed by atoms with E-state index in [1.54, 1.807) is 0 Å². The highest BCUT2D eigenvalue weighted by Crippen LogP contribution is 2.20. The second-order valence-corrected chi connectivity index (χ2v) is 6.97. The lowest BCUT2D eigenvalue weighted by Gasteiger charge is -2.30. The van der Waals surface area contributed by atoms with Crippen LogP contribution < -0.4 is 10.0 Å². The van der Waals surface area contributed by atoms with Crippen molar-refractivity contribution in [3.63, 3.8) is 0 Å². The molecule has 1 aliphatic rings. The van der Waals surface area contributed by atoms with Gasteiger partial charge in [0.15, 0.2) is 0 Å². The molecule has 0 aromatic rings. The summed E-state index contributed by atoms with van der Waals surface area (Å²) in [6, 6.07) is 0. The van der Waals surface area contributed by atoms with E-state index >= 15 is 0 Å². The maximum Gasteiger partial charge on any atom is 0.308 e. The van der Waals surface area contributed by atoms with Gasteiger partial charge in [0.1, 0.15) is 0 Å². The van der Waals surface area contributed by atoms with E-state index in [9.17, 15) is 13.2 Å². The minimum atomic E-state index is -3.45. The molecular weight excluding hydrogens is 282 g/mol. The van der Waals surface area contributed by atoms with E-state index in [-0.39, 0.29) is 17.8 Å². The Kier molecular flexibility index (Phi) is 6.87. The number of nitrogens with zero attached hydrogens (tertiary/aromatic N) is 1. The number of piperidine rings is 1. The van der Waals surface area contributed by atoms with Gasteiger partial charge in [-0.25, -0.2) is 4.72 Å². The van der Waals surface area contributed by atoms with Crippen LogP contribution >= 0.6 is 0 Å². The van der Waals surface area contributed by atoms with Gasteiger partial charge in [-0.15, -0.1) is 0 Å². The van der Waals surface area contributed by atoms with Crippen molar-refractivity contribution >= 4 is 16.2 Å². The summed E-state index contributed by atoms with van der Waals surface area (Å²) >= 11 is 0. The summed E-state index contributed by atoms with van der Waals surface area (Å²) in [5.41, 5.74) is 0. The van der Waals surface area contributed by atoms with Gasteiger partial charge in [0, 0.05) is 19.6 Å². The van der Waals surface area contributed by atoms with Crippen LogP contribution in [0.1, 0.15) is 19.8 Å². The quantitative estimate of drug-likeness (QED) is 0.623. The molecular formula is C12H25N3O4S. The number of methoxy groups -OCH3 is 1. The number of nitrogens with one attached hydrogen (secondary N) is 2. The van der Waals surface area contributed by atoms with Gasteiger partial charge >= 0.3 is 5.97 Å². The highest BCUT2D eigenvalue weighted by molar-refractivity contribution is 7.87. The molecule has 0 amide bonds. The highest BCUT2D eigenvalue weighted by atomic mass is 32.2. The van der Waals surface area contributed by atoms with Crippen LogP contribution in [0.5, 0.6) is 0 Å². The van der Waals surface area contributed by atoms with E-state index in [4.69, 9.17) is 0 Å². The summed E-state index contributed by atoms with van der Waals surface area (Å²) in [5.74, 6) is -0.213. The average Bonchev–Trinajstić information content (AvgIpc) is 2.45. The Balaban J connectivity index is 2.44. The number of carbonyl (C=O) groups excluding carboxylic acids is 1. The topological polar surface area (TPSA) is 87.7 Å². The van der Waals surface area contributed by atoms with Gasteiger partial charge in [-0.3, -0.25) is 4.79 Å². The van der Waals surface area contributed by atoms with Crippen LogP contribution in [0.2, 0.25) is 0 Å². The molecule has 20 heavy (non-hydrogen) atoms. The Bertz CT molecular complexity index is 405. The van der Waals surface area contributed by atoms with E-state index in [2.05, 4.69) is 14.8 Å². The average molecular weight is 307 g/mol. The standard InChI is InChI=1S/C12H25N3O4S/c1-10(8-13-2)9-14-20(17,18)15-6-4-11(5-7-15)12(16)19-3/h10-11,13-14H,4-9H2,1-3H3. The minimum Gasteiger partial charge on any atom is -0.469 e. The number of hydrogen-bond acceptors (Lipinski definition) is 5. The molecule has 1 rings (SSSR count). The maximum absolute atomic E-state index is 12.1. The zero-order valence-corrected chi connectivity index (χ0v) is 13.2. The zero-order chi connectivity index (χ0) is 15.2. The summed E-state index contributed by atoms with van der Waals surface area (Å²) in [6.07, 6.45) is 1.03. The van der Waals surface area contributed by atoms with E-state index in [0.29, 0.717) is 32.5 Å². The van der Waals surface area contributed by atoms with Gasteiger partial charge in [-0.1, -0.05) is 6.92 Å². The third-order valence-corrected chi connectivity index (χ3v) is 5.07. The van der Waals surface area contributed by atoms with Crippen LogP contribution in [0, 0.1) is 11.8 Å². The molecule has 0 bridgehead atoms. The van der Waals surface area contributed by atoms with Crippen LogP contribution in [-0.2, 0) is 19.7 Å². The molecule has 2 N–H and O–H groups in total. The summed E-state index contributed by atoms with van der Waals surface area (Å²) in [4.78, 5) is 11.4. The largest absolute Gasteiger partial charge is 0.469 e. The summed E-state index contributed by atoms with van der Waals surface area (Å²) in [7, 11) is -0.256. The van der Waals surface area contributed by atoms with E-state index in [1.165, 1.54) is 11.4 Å². The summed E-state index contributed by atoms with van der Waals surface area (Å²) in [6.45, 7) is 3.85. The molecule has 1 saturated heterocycles. The van der Waals surface area contributed by atoms with Crippen molar-refractivity contribution in [2.24, 2.45) is 11.8 Å². The molecule has 1 fully saturated rings. The van der Waals surface area contributed by atoms with Gasteiger partial charge in [0.2, 0.25) is 0 Å². The number of ether oxygens (including phenoxy) is 1. The fourth-order valence-corrected chi connectivity index (χ4v) is 3.63. The van der Waals surface area contributed by atoms with Crippen molar-refractivity contribution in [1.82, 2.24) is 14.3 Å². The lowest BCUT2D eigenvalue weighted by Crippen LogP contribution is -2.47. The Morgan fingerprint density at radius 1 is 1.35 bits per heavy atom. The molecule has 1 unspecified atom stereocenters. The fraction of sp³-hybridized carbons (Fsp3) is 0.917. The van der Waals surface area contributed by atoms with Crippen molar-refractivity contribution in [2.45, 2.75) is 19.8 Å². The normalized spacial score (nSPS) is 19.8. The van der Waals surface area contributed by atoms with Gasteiger partial charge in [-0.05, 0) is 32.4 Å². The third kappa shape index (κ3) is 5.01. The smallest absolute Gasteiger partial charge is 0.308 e. The molecule has 8 heteroatoms. The van der Waals surface area contributed by atoms with E-state index in [0.717, 1.165) is 6.54 Å². The van der Waals surface area contributed by atoms with Gasteiger partial charge in [0.25, 0.3) is 10.2 Å². The molecule has 118 valence electrons. The number of rotatable bonds is 7. The molecule has 0 saturated carbocycles. The van der Waals surface area contributed by atoms with Crippen molar-refractivity contribution < 1.29 is 17.9 Å². The lowest BCUT2D eigenvalue weighted by atomic mass is 9.99. The Morgan fingerprint density at radius 2 is 1.95 bits per heavy atom. The first-order chi connectivity index (χ1) is 9.40. The molecule has 1 atom stereocenters. The van der Waals surface area contributed by atoms with E-state index in [1.807, 2.05) is 14.0 Å². The van der Waals surface area contributed by atoms with Gasteiger partial charge in [0.05, 0.1) is 13.0 Å². The first-order valence-electron chi connectivity index (χ1n) is 6.88. The van der Waals surface area contributed by atoms with Crippen LogP contribution in [-0.4, -0.2) is 59.0 Å². The lowest BCUT2D eigenvalue weighted by molar-refractivity contribution is -0.146. The Labute approximate surface area is 121 Å². The van der Waals surface area contributed by atoms with Crippen LogP contribution in [0.4, 0.5) is 0 Å². The van der Waals surface area contributed by atoms with Crippen molar-refractivity contribution in [3.05, 3.63) is 0 Å². The molecule has 0 aromatic heterocycles. The number of carbonyl (C=O) groups is 1. The monoisotopic (exact) mass is 307 g/mol. The van der Waals surface area contributed by atoms with E-state index < -0.39 is 10.2 Å². The second kappa shape index (κ2) is 7.92. The van der Waals surface area contributed by atoms with Crippen molar-refractivity contribution in [2.75, 3.05) is 40.3 Å². The van der Waals surface area contributed by atoms with Crippen LogP contribution in [0.25, 0.3) is 0 Å². The number of hydrogen-bond donors (Lipinski definition) is 2. The second-order valence-electron chi connectivity index (χ2n) is 5.21. The molecule has 7 nitrogen and oxygen atoms in total. The van der Waals surface area contributed by atoms with Gasteiger partial charge < -0.3 is 10.1 Å². The molecule has 0 aromatic carbocycles. The van der Waals surface area contributed by atoms with Crippen LogP contribution in [0.3, 0.4) is 0 Å². The molecule has 0 aliphatic carbocycles. The van der Waals surface area contributed by atoms with Gasteiger partial charge in [-0.2, -0.15) is 12.7 Å². The SMILES string of the molecule is CNCC(C)CNS(=O)(=O)N1CCC(C(=O)OC)CC1. The Hall–Kier alpha value is -0.700. The third-order valence-electron chi connectivity index (χ3n) is 3.50. The number of esters is 1. The van der Waals surface area contributed by atoms with Crippen molar-refractivity contribution in [1.29, 1.82) is 0 Å². The fourth-order valence-electron chi connectivity index (χ4n) is 2.26. The molecule has 1 heterocycles. The molecule has 1 aliphatic heterocycles. The summed E-state index contributed by atoms with van der Waals surface area (Å²) in [5, 5.41) is 3.01. The zero-order valence-electron chi connectivity index (χ0n) is 12.4. The predicted molar refractivity (Wildman–Crippen MR) is 76.3 cm³/mol. The highest BCUT2D eigenvalue weighted by Gasteiger charge is 2.31. The predicted octanol–water partition coefficient (Wildman–Crippen LogP) is -0.439. The van der Waals surface area contributed by atoms with Crippen molar-refractivity contribution in [3.8, 4) is 0 Å². The summed E-state index contributed by atoms with van der Waals surface area (Å²) < 4.78 is 32.9. The molecule has 0 radical (unpaired) electrons. The molecule has 0 spiro atoms. The first kappa shape index (κ1) is 17.4. The minimum absolute atomic E-state index is 0.185.